The number of nitrogens with zero attached hydrogens (tertiary/aromatic N) is 2. The summed E-state index contributed by atoms with van der Waals surface area (Å²) in [5, 5.41) is 1.94. The van der Waals surface area contributed by atoms with Crippen LogP contribution in [-0.4, -0.2) is 31.6 Å². The SMILES string of the molecule is Cc1oc(-c2cccs2)nc1CC(=O)N(c1ccc(S(C)(=O)=O)cc1)C(C)C. The van der Waals surface area contributed by atoms with Crippen LogP contribution in [0.4, 0.5) is 5.69 Å². The molecule has 0 atom stereocenters. The first kappa shape index (κ1) is 20.3. The molecule has 8 heteroatoms. The Morgan fingerprint density at radius 3 is 2.43 bits per heavy atom. The molecule has 148 valence electrons. The van der Waals surface area contributed by atoms with Crippen molar-refractivity contribution in [3.63, 3.8) is 0 Å². The lowest BCUT2D eigenvalue weighted by atomic mass is 10.2. The third-order valence-electron chi connectivity index (χ3n) is 4.27. The minimum Gasteiger partial charge on any atom is -0.440 e. The van der Waals surface area contributed by atoms with Crippen LogP contribution in [-0.2, 0) is 21.1 Å². The number of thiophene rings is 1. The summed E-state index contributed by atoms with van der Waals surface area (Å²) < 4.78 is 29.0. The molecule has 0 spiro atoms. The molecular weight excluding hydrogens is 396 g/mol. The van der Waals surface area contributed by atoms with Gasteiger partial charge >= 0.3 is 0 Å². The molecule has 2 aromatic heterocycles. The van der Waals surface area contributed by atoms with Gasteiger partial charge in [-0.15, -0.1) is 11.3 Å². The molecule has 0 radical (unpaired) electrons. The van der Waals surface area contributed by atoms with Gasteiger partial charge in [0, 0.05) is 18.0 Å². The number of amides is 1. The molecule has 0 aliphatic heterocycles. The average Bonchev–Trinajstić information content (AvgIpc) is 3.25. The van der Waals surface area contributed by atoms with Crippen molar-refractivity contribution in [3.8, 4) is 10.8 Å². The number of rotatable bonds is 6. The van der Waals surface area contributed by atoms with E-state index in [0.29, 0.717) is 23.0 Å². The number of hydrogen-bond acceptors (Lipinski definition) is 6. The van der Waals surface area contributed by atoms with Crippen molar-refractivity contribution in [2.45, 2.75) is 38.1 Å². The first-order chi connectivity index (χ1) is 13.2. The monoisotopic (exact) mass is 418 g/mol. The maximum Gasteiger partial charge on any atom is 0.236 e. The van der Waals surface area contributed by atoms with Gasteiger partial charge in [-0.05, 0) is 56.5 Å². The summed E-state index contributed by atoms with van der Waals surface area (Å²) in [5.74, 6) is 1.01. The number of hydrogen-bond donors (Lipinski definition) is 0. The van der Waals surface area contributed by atoms with E-state index in [1.807, 2.05) is 31.4 Å². The minimum absolute atomic E-state index is 0.0967. The highest BCUT2D eigenvalue weighted by atomic mass is 32.2. The van der Waals surface area contributed by atoms with Crippen LogP contribution in [0.5, 0.6) is 0 Å². The van der Waals surface area contributed by atoms with E-state index in [-0.39, 0.29) is 23.3 Å². The zero-order valence-corrected chi connectivity index (χ0v) is 17.8. The molecule has 0 bridgehead atoms. The van der Waals surface area contributed by atoms with E-state index in [9.17, 15) is 13.2 Å². The molecular formula is C20H22N2O4S2. The van der Waals surface area contributed by atoms with Gasteiger partial charge in [0.25, 0.3) is 0 Å². The van der Waals surface area contributed by atoms with Crippen LogP contribution in [0.1, 0.15) is 25.3 Å². The predicted molar refractivity (Wildman–Crippen MR) is 110 cm³/mol. The molecule has 2 heterocycles. The molecule has 0 unspecified atom stereocenters. The molecule has 0 saturated heterocycles. The van der Waals surface area contributed by atoms with Crippen LogP contribution in [0.3, 0.4) is 0 Å². The number of carbonyl (C=O) groups excluding carboxylic acids is 1. The van der Waals surface area contributed by atoms with Crippen LogP contribution < -0.4 is 4.90 Å². The molecule has 28 heavy (non-hydrogen) atoms. The number of carbonyl (C=O) groups is 1. The van der Waals surface area contributed by atoms with E-state index >= 15 is 0 Å². The van der Waals surface area contributed by atoms with E-state index in [1.54, 1.807) is 24.0 Å². The predicted octanol–water partition coefficient (Wildman–Crippen LogP) is 4.10. The van der Waals surface area contributed by atoms with Gasteiger partial charge in [-0.2, -0.15) is 0 Å². The highest BCUT2D eigenvalue weighted by molar-refractivity contribution is 7.90. The molecule has 0 aliphatic carbocycles. The van der Waals surface area contributed by atoms with Gasteiger partial charge < -0.3 is 9.32 Å². The number of aryl methyl sites for hydroxylation is 1. The number of oxazole rings is 1. The molecule has 6 nitrogen and oxygen atoms in total. The Morgan fingerprint density at radius 2 is 1.89 bits per heavy atom. The lowest BCUT2D eigenvalue weighted by molar-refractivity contribution is -0.118. The molecule has 0 saturated carbocycles. The largest absolute Gasteiger partial charge is 0.440 e. The summed E-state index contributed by atoms with van der Waals surface area (Å²) in [6, 6.07) is 10.1. The van der Waals surface area contributed by atoms with Crippen molar-refractivity contribution < 1.29 is 17.6 Å². The van der Waals surface area contributed by atoms with Crippen molar-refractivity contribution in [1.82, 2.24) is 4.98 Å². The Morgan fingerprint density at radius 1 is 1.21 bits per heavy atom. The fourth-order valence-corrected chi connectivity index (χ4v) is 4.19. The van der Waals surface area contributed by atoms with Crippen LogP contribution in [0, 0.1) is 6.92 Å². The molecule has 3 rings (SSSR count). The van der Waals surface area contributed by atoms with Crippen LogP contribution >= 0.6 is 11.3 Å². The zero-order chi connectivity index (χ0) is 20.5. The van der Waals surface area contributed by atoms with Crippen molar-refractivity contribution in [2.75, 3.05) is 11.2 Å². The minimum atomic E-state index is -3.28. The maximum absolute atomic E-state index is 13.0. The smallest absolute Gasteiger partial charge is 0.236 e. The second-order valence-electron chi connectivity index (χ2n) is 6.80. The van der Waals surface area contributed by atoms with Crippen molar-refractivity contribution in [3.05, 3.63) is 53.2 Å². The lowest BCUT2D eigenvalue weighted by Crippen LogP contribution is -2.38. The molecule has 1 aromatic carbocycles. The summed E-state index contributed by atoms with van der Waals surface area (Å²) in [7, 11) is -3.28. The fourth-order valence-electron chi connectivity index (χ4n) is 2.91. The van der Waals surface area contributed by atoms with Gasteiger partial charge in [0.05, 0.1) is 21.9 Å². The Kier molecular flexibility index (Phi) is 5.71. The van der Waals surface area contributed by atoms with Gasteiger partial charge in [0.15, 0.2) is 9.84 Å². The number of sulfone groups is 1. The molecule has 0 N–H and O–H groups in total. The lowest BCUT2D eigenvalue weighted by Gasteiger charge is -2.27. The van der Waals surface area contributed by atoms with E-state index in [4.69, 9.17) is 4.42 Å². The summed E-state index contributed by atoms with van der Waals surface area (Å²) in [4.78, 5) is 20.3. The Hall–Kier alpha value is -2.45. The third-order valence-corrected chi connectivity index (χ3v) is 6.26. The Labute approximate surface area is 168 Å². The van der Waals surface area contributed by atoms with Crippen molar-refractivity contribution in [1.29, 1.82) is 0 Å². The Balaban J connectivity index is 1.84. The van der Waals surface area contributed by atoms with Gasteiger partial charge in [0.2, 0.25) is 11.8 Å². The number of benzene rings is 1. The van der Waals surface area contributed by atoms with Gasteiger partial charge in [0.1, 0.15) is 5.76 Å². The highest BCUT2D eigenvalue weighted by Crippen LogP contribution is 2.27. The fraction of sp³-hybridized carbons (Fsp3) is 0.300. The van der Waals surface area contributed by atoms with Crippen molar-refractivity contribution >= 4 is 32.8 Å². The standard InChI is InChI=1S/C20H22N2O4S2/c1-13(2)22(15-7-9-16(10-8-15)28(4,24)25)19(23)12-17-14(3)26-20(21-17)18-6-5-11-27-18/h5-11,13H,12H2,1-4H3. The zero-order valence-electron chi connectivity index (χ0n) is 16.2. The van der Waals surface area contributed by atoms with Gasteiger partial charge in [-0.1, -0.05) is 6.07 Å². The first-order valence-corrected chi connectivity index (χ1v) is 11.6. The summed E-state index contributed by atoms with van der Waals surface area (Å²) >= 11 is 1.53. The second-order valence-corrected chi connectivity index (χ2v) is 9.76. The van der Waals surface area contributed by atoms with E-state index in [1.165, 1.54) is 23.5 Å². The highest BCUT2D eigenvalue weighted by Gasteiger charge is 2.23. The average molecular weight is 419 g/mol. The second kappa shape index (κ2) is 7.89. The summed E-state index contributed by atoms with van der Waals surface area (Å²) in [6.07, 6.45) is 1.26. The molecule has 0 fully saturated rings. The number of anilines is 1. The van der Waals surface area contributed by atoms with Crippen LogP contribution in [0.25, 0.3) is 10.8 Å². The number of aromatic nitrogens is 1. The quantitative estimate of drug-likeness (QED) is 0.602. The normalized spacial score (nSPS) is 11.8. The van der Waals surface area contributed by atoms with E-state index in [0.717, 1.165) is 11.1 Å². The maximum atomic E-state index is 13.0. The Bertz CT molecular complexity index is 1070. The van der Waals surface area contributed by atoms with Gasteiger partial charge in [-0.3, -0.25) is 4.79 Å². The van der Waals surface area contributed by atoms with Crippen molar-refractivity contribution in [2.24, 2.45) is 0 Å². The molecule has 1 amide bonds. The molecule has 3 aromatic rings. The topological polar surface area (TPSA) is 80.5 Å². The third kappa shape index (κ3) is 4.34. The summed E-state index contributed by atoms with van der Waals surface area (Å²) in [5.41, 5.74) is 1.25. The summed E-state index contributed by atoms with van der Waals surface area (Å²) in [6.45, 7) is 5.62. The first-order valence-electron chi connectivity index (χ1n) is 8.79. The molecule has 0 aliphatic rings. The van der Waals surface area contributed by atoms with Crippen LogP contribution in [0.15, 0.2) is 51.1 Å². The van der Waals surface area contributed by atoms with Crippen LogP contribution in [0.2, 0.25) is 0 Å². The van der Waals surface area contributed by atoms with E-state index < -0.39 is 9.84 Å². The van der Waals surface area contributed by atoms with E-state index in [2.05, 4.69) is 4.98 Å². The van der Waals surface area contributed by atoms with Gasteiger partial charge in [-0.25, -0.2) is 13.4 Å².